The van der Waals surface area contributed by atoms with Crippen LogP contribution >= 0.6 is 0 Å². The third-order valence-electron chi connectivity index (χ3n) is 3.96. The van der Waals surface area contributed by atoms with Gasteiger partial charge >= 0.3 is 0 Å². The second kappa shape index (κ2) is 8.97. The van der Waals surface area contributed by atoms with Crippen LogP contribution in [-0.2, 0) is 23.0 Å². The zero-order valence-corrected chi connectivity index (χ0v) is 15.2. The van der Waals surface area contributed by atoms with Crippen molar-refractivity contribution in [3.8, 4) is 0 Å². The van der Waals surface area contributed by atoms with Gasteiger partial charge in [-0.3, -0.25) is 0 Å². The van der Waals surface area contributed by atoms with E-state index in [1.807, 2.05) is 49.4 Å². The van der Waals surface area contributed by atoms with Crippen LogP contribution in [0.25, 0.3) is 0 Å². The molecule has 0 atom stereocenters. The molecule has 2 rings (SSSR count). The van der Waals surface area contributed by atoms with E-state index < -0.39 is 10.0 Å². The van der Waals surface area contributed by atoms with E-state index in [4.69, 9.17) is 0 Å². The first kappa shape index (κ1) is 18.6. The monoisotopic (exact) mass is 346 g/mol. The fourth-order valence-electron chi connectivity index (χ4n) is 2.54. The highest BCUT2D eigenvalue weighted by Gasteiger charge is 2.23. The molecule has 0 amide bonds. The van der Waals surface area contributed by atoms with Gasteiger partial charge in [-0.1, -0.05) is 56.3 Å². The quantitative estimate of drug-likeness (QED) is 0.710. The van der Waals surface area contributed by atoms with Crippen LogP contribution in [0.1, 0.15) is 25.0 Å². The fraction of sp³-hybridized carbons (Fsp3) is 0.368. The Morgan fingerprint density at radius 1 is 0.917 bits per heavy atom. The van der Waals surface area contributed by atoms with Crippen molar-refractivity contribution in [3.05, 3.63) is 65.7 Å². The Labute approximate surface area is 145 Å². The largest absolute Gasteiger partial charge is 0.317 e. The molecule has 0 spiro atoms. The van der Waals surface area contributed by atoms with Crippen LogP contribution in [0.5, 0.6) is 0 Å². The maximum atomic E-state index is 12.9. The number of sulfonamides is 1. The number of rotatable bonds is 9. The van der Waals surface area contributed by atoms with Crippen LogP contribution in [0.15, 0.2) is 59.5 Å². The van der Waals surface area contributed by atoms with Crippen LogP contribution in [-0.4, -0.2) is 32.4 Å². The van der Waals surface area contributed by atoms with Crippen LogP contribution < -0.4 is 5.32 Å². The van der Waals surface area contributed by atoms with Crippen molar-refractivity contribution in [3.63, 3.8) is 0 Å². The van der Waals surface area contributed by atoms with Crippen molar-refractivity contribution in [2.45, 2.75) is 31.7 Å². The normalized spacial score (nSPS) is 11.8. The number of nitrogens with zero attached hydrogens (tertiary/aromatic N) is 1. The van der Waals surface area contributed by atoms with Gasteiger partial charge in [-0.25, -0.2) is 8.42 Å². The van der Waals surface area contributed by atoms with Gasteiger partial charge in [0.1, 0.15) is 0 Å². The molecule has 0 radical (unpaired) electrons. The number of nitrogens with one attached hydrogen (secondary N) is 1. The van der Waals surface area contributed by atoms with Crippen molar-refractivity contribution in [2.24, 2.45) is 0 Å². The third kappa shape index (κ3) is 4.90. The summed E-state index contributed by atoms with van der Waals surface area (Å²) in [5.41, 5.74) is 2.13. The minimum Gasteiger partial charge on any atom is -0.317 e. The average Bonchev–Trinajstić information content (AvgIpc) is 2.61. The molecule has 24 heavy (non-hydrogen) atoms. The molecule has 0 saturated heterocycles. The van der Waals surface area contributed by atoms with Crippen molar-refractivity contribution < 1.29 is 8.42 Å². The summed E-state index contributed by atoms with van der Waals surface area (Å²) >= 11 is 0. The van der Waals surface area contributed by atoms with Gasteiger partial charge in [-0.15, -0.1) is 0 Å². The Hall–Kier alpha value is -1.69. The molecular formula is C19H26N2O2S. The lowest BCUT2D eigenvalue weighted by Crippen LogP contribution is -2.30. The highest BCUT2D eigenvalue weighted by atomic mass is 32.2. The highest BCUT2D eigenvalue weighted by molar-refractivity contribution is 7.89. The molecule has 4 nitrogen and oxygen atoms in total. The van der Waals surface area contributed by atoms with Crippen molar-refractivity contribution in [2.75, 3.05) is 19.6 Å². The predicted molar refractivity (Wildman–Crippen MR) is 98.4 cm³/mol. The molecule has 0 saturated carbocycles. The van der Waals surface area contributed by atoms with E-state index in [9.17, 15) is 8.42 Å². The lowest BCUT2D eigenvalue weighted by molar-refractivity contribution is 0.423. The predicted octanol–water partition coefficient (Wildman–Crippen LogP) is 3.05. The zero-order valence-electron chi connectivity index (χ0n) is 14.4. The van der Waals surface area contributed by atoms with Gasteiger partial charge in [0.05, 0.1) is 4.90 Å². The molecule has 0 bridgehead atoms. The molecule has 5 heteroatoms. The van der Waals surface area contributed by atoms with Gasteiger partial charge in [0.15, 0.2) is 0 Å². The summed E-state index contributed by atoms with van der Waals surface area (Å²) in [6, 6.07) is 16.9. The Morgan fingerprint density at radius 3 is 2.17 bits per heavy atom. The van der Waals surface area contributed by atoms with E-state index >= 15 is 0 Å². The Balaban J connectivity index is 2.12. The molecule has 0 aliphatic rings. The number of hydrogen-bond donors (Lipinski definition) is 1. The average molecular weight is 346 g/mol. The highest BCUT2D eigenvalue weighted by Crippen LogP contribution is 2.19. The molecule has 130 valence electrons. The van der Waals surface area contributed by atoms with Crippen molar-refractivity contribution >= 4 is 10.0 Å². The topological polar surface area (TPSA) is 49.4 Å². The van der Waals surface area contributed by atoms with E-state index in [1.54, 1.807) is 12.1 Å². The van der Waals surface area contributed by atoms with Gasteiger partial charge in [-0.05, 0) is 42.8 Å². The maximum Gasteiger partial charge on any atom is 0.243 e. The summed E-state index contributed by atoms with van der Waals surface area (Å²) in [5.74, 6) is 0. The Morgan fingerprint density at radius 2 is 1.58 bits per heavy atom. The second-order valence-corrected chi connectivity index (χ2v) is 7.60. The third-order valence-corrected chi connectivity index (χ3v) is 5.89. The zero-order chi connectivity index (χ0) is 17.4. The first-order valence-corrected chi connectivity index (χ1v) is 9.85. The number of benzene rings is 2. The SMILES string of the molecule is CCNCCc1ccc(S(=O)(=O)N(CC)Cc2ccccc2)cc1. The number of likely N-dealkylation sites (N-methyl/N-ethyl adjacent to an activating group) is 1. The standard InChI is InChI=1S/C19H26N2O2S/c1-3-20-15-14-17-10-12-19(13-11-17)24(22,23)21(4-2)16-18-8-6-5-7-9-18/h5-13,20H,3-4,14-16H2,1-2H3. The first-order valence-electron chi connectivity index (χ1n) is 8.41. The molecule has 2 aromatic rings. The smallest absolute Gasteiger partial charge is 0.243 e. The molecule has 1 N–H and O–H groups in total. The van der Waals surface area contributed by atoms with Gasteiger partial charge < -0.3 is 5.32 Å². The molecule has 2 aromatic carbocycles. The van der Waals surface area contributed by atoms with Gasteiger partial charge in [0, 0.05) is 13.1 Å². The first-order chi connectivity index (χ1) is 11.6. The summed E-state index contributed by atoms with van der Waals surface area (Å²) in [5, 5.41) is 3.27. The molecule has 0 fully saturated rings. The van der Waals surface area contributed by atoms with Gasteiger partial charge in [0.2, 0.25) is 10.0 Å². The van der Waals surface area contributed by atoms with E-state index in [2.05, 4.69) is 12.2 Å². The van der Waals surface area contributed by atoms with E-state index in [0.29, 0.717) is 18.0 Å². The second-order valence-electron chi connectivity index (χ2n) is 5.66. The summed E-state index contributed by atoms with van der Waals surface area (Å²) in [6.07, 6.45) is 0.898. The number of hydrogen-bond acceptors (Lipinski definition) is 3. The molecule has 0 heterocycles. The molecular weight excluding hydrogens is 320 g/mol. The van der Waals surface area contributed by atoms with Gasteiger partial charge in [-0.2, -0.15) is 4.31 Å². The van der Waals surface area contributed by atoms with Crippen molar-refractivity contribution in [1.82, 2.24) is 9.62 Å². The summed E-state index contributed by atoms with van der Waals surface area (Å²) in [6.45, 7) is 6.61. The maximum absolute atomic E-state index is 12.9. The van der Waals surface area contributed by atoms with Crippen LogP contribution in [0.3, 0.4) is 0 Å². The van der Waals surface area contributed by atoms with Crippen LogP contribution in [0.2, 0.25) is 0 Å². The minimum absolute atomic E-state index is 0.354. The fourth-order valence-corrected chi connectivity index (χ4v) is 3.98. The summed E-state index contributed by atoms with van der Waals surface area (Å²) in [4.78, 5) is 0.354. The van der Waals surface area contributed by atoms with E-state index in [1.165, 1.54) is 4.31 Å². The van der Waals surface area contributed by atoms with Gasteiger partial charge in [0.25, 0.3) is 0 Å². The molecule has 0 unspecified atom stereocenters. The lowest BCUT2D eigenvalue weighted by atomic mass is 10.1. The lowest BCUT2D eigenvalue weighted by Gasteiger charge is -2.20. The Bertz CT molecular complexity index is 713. The van der Waals surface area contributed by atoms with Crippen LogP contribution in [0.4, 0.5) is 0 Å². The van der Waals surface area contributed by atoms with Crippen molar-refractivity contribution in [1.29, 1.82) is 0 Å². The summed E-state index contributed by atoms with van der Waals surface area (Å²) in [7, 11) is -3.47. The Kier molecular flexibility index (Phi) is 6.97. The van der Waals surface area contributed by atoms with Crippen LogP contribution in [0, 0.1) is 0 Å². The molecule has 0 aromatic heterocycles. The van der Waals surface area contributed by atoms with E-state index in [0.717, 1.165) is 30.6 Å². The summed E-state index contributed by atoms with van der Waals surface area (Å²) < 4.78 is 27.2. The van der Waals surface area contributed by atoms with E-state index in [-0.39, 0.29) is 0 Å². The molecule has 0 aliphatic carbocycles. The minimum atomic E-state index is -3.47. The molecule has 0 aliphatic heterocycles.